The first-order valence-electron chi connectivity index (χ1n) is 8.84. The number of nitrogens with two attached hydrogens (primary N) is 3. The number of aromatic nitrogens is 1. The topological polar surface area (TPSA) is 119 Å². The summed E-state index contributed by atoms with van der Waals surface area (Å²) in [5, 5.41) is 4.49. The van der Waals surface area contributed by atoms with Gasteiger partial charge in [-0.3, -0.25) is 9.73 Å². The second-order valence-corrected chi connectivity index (χ2v) is 6.97. The number of hydrogen-bond donors (Lipinski definition) is 4. The van der Waals surface area contributed by atoms with Crippen molar-refractivity contribution in [2.24, 2.45) is 16.8 Å². The molecule has 156 valence electrons. The van der Waals surface area contributed by atoms with Crippen molar-refractivity contribution in [3.05, 3.63) is 77.5 Å². The van der Waals surface area contributed by atoms with E-state index in [1.54, 1.807) is 24.2 Å². The van der Waals surface area contributed by atoms with Crippen molar-refractivity contribution in [3.63, 3.8) is 0 Å². The van der Waals surface area contributed by atoms with Crippen LogP contribution in [0.3, 0.4) is 0 Å². The molecule has 0 fully saturated rings. The van der Waals surface area contributed by atoms with Crippen LogP contribution in [0.1, 0.15) is 11.1 Å². The van der Waals surface area contributed by atoms with Crippen molar-refractivity contribution in [1.29, 1.82) is 0 Å². The zero-order chi connectivity index (χ0) is 21.7. The minimum atomic E-state index is -1.13. The number of benzene rings is 2. The first-order chi connectivity index (χ1) is 14.5. The molecule has 3 aromatic rings. The van der Waals surface area contributed by atoms with E-state index in [1.165, 1.54) is 12.1 Å². The van der Waals surface area contributed by atoms with Gasteiger partial charge >= 0.3 is 0 Å². The molecule has 0 atom stereocenters. The SMILES string of the molecule is CSNCc1ccc(-c2cnc(N)c(/C(=N/N)N(N)c3cccc(F)c3F)c2)cc1. The molecule has 0 radical (unpaired) electrons. The van der Waals surface area contributed by atoms with E-state index in [2.05, 4.69) is 14.8 Å². The van der Waals surface area contributed by atoms with E-state index in [4.69, 9.17) is 17.4 Å². The summed E-state index contributed by atoms with van der Waals surface area (Å²) in [6.45, 7) is 0.734. The Balaban J connectivity index is 1.96. The Morgan fingerprint density at radius 2 is 1.90 bits per heavy atom. The number of halogens is 2. The third-order valence-electron chi connectivity index (χ3n) is 4.41. The number of anilines is 2. The summed E-state index contributed by atoms with van der Waals surface area (Å²) in [7, 11) is 0. The quantitative estimate of drug-likeness (QED) is 0.156. The smallest absolute Gasteiger partial charge is 0.183 e. The molecule has 3 rings (SSSR count). The highest BCUT2D eigenvalue weighted by molar-refractivity contribution is 7.96. The summed E-state index contributed by atoms with van der Waals surface area (Å²) in [5.41, 5.74) is 8.78. The van der Waals surface area contributed by atoms with Crippen LogP contribution in [-0.2, 0) is 6.54 Å². The molecular weight excluding hydrogens is 408 g/mol. The van der Waals surface area contributed by atoms with Crippen molar-refractivity contribution >= 4 is 29.3 Å². The lowest BCUT2D eigenvalue weighted by Gasteiger charge is -2.21. The average Bonchev–Trinajstić information content (AvgIpc) is 2.76. The number of nitrogens with one attached hydrogen (secondary N) is 1. The lowest BCUT2D eigenvalue weighted by molar-refractivity contribution is 0.509. The molecule has 0 aliphatic heterocycles. The van der Waals surface area contributed by atoms with Gasteiger partial charge in [0.2, 0.25) is 0 Å². The molecule has 0 bridgehead atoms. The van der Waals surface area contributed by atoms with Gasteiger partial charge in [-0.15, -0.1) is 0 Å². The normalized spacial score (nSPS) is 11.5. The van der Waals surface area contributed by atoms with Crippen LogP contribution in [0.15, 0.2) is 59.8 Å². The molecule has 30 heavy (non-hydrogen) atoms. The number of amidine groups is 1. The Morgan fingerprint density at radius 3 is 2.57 bits per heavy atom. The highest BCUT2D eigenvalue weighted by Gasteiger charge is 2.21. The van der Waals surface area contributed by atoms with Gasteiger partial charge in [-0.05, 0) is 35.6 Å². The first-order valence-corrected chi connectivity index (χ1v) is 10.1. The number of hydrazone groups is 1. The van der Waals surface area contributed by atoms with E-state index in [1.807, 2.05) is 30.5 Å². The molecule has 1 aromatic heterocycles. The van der Waals surface area contributed by atoms with Gasteiger partial charge in [0.15, 0.2) is 17.5 Å². The largest absolute Gasteiger partial charge is 0.383 e. The van der Waals surface area contributed by atoms with Crippen LogP contribution in [0.2, 0.25) is 0 Å². The van der Waals surface area contributed by atoms with Crippen LogP contribution in [-0.4, -0.2) is 17.1 Å². The second-order valence-electron chi connectivity index (χ2n) is 6.27. The van der Waals surface area contributed by atoms with E-state index in [-0.39, 0.29) is 22.9 Å². The first kappa shape index (κ1) is 21.5. The molecule has 0 aliphatic carbocycles. The van der Waals surface area contributed by atoms with E-state index in [0.717, 1.165) is 34.3 Å². The van der Waals surface area contributed by atoms with Gasteiger partial charge in [-0.2, -0.15) is 5.10 Å². The van der Waals surface area contributed by atoms with Crippen molar-refractivity contribution < 1.29 is 8.78 Å². The van der Waals surface area contributed by atoms with E-state index < -0.39 is 11.6 Å². The molecule has 1 heterocycles. The van der Waals surface area contributed by atoms with Crippen molar-refractivity contribution in [2.45, 2.75) is 6.54 Å². The highest BCUT2D eigenvalue weighted by Crippen LogP contribution is 2.26. The maximum atomic E-state index is 14.2. The fraction of sp³-hybridized carbons (Fsp3) is 0.100. The third kappa shape index (κ3) is 4.51. The summed E-state index contributed by atoms with van der Waals surface area (Å²) < 4.78 is 31.0. The van der Waals surface area contributed by atoms with Gasteiger partial charge < -0.3 is 11.6 Å². The number of hydrazine groups is 1. The Kier molecular flexibility index (Phi) is 6.83. The van der Waals surface area contributed by atoms with E-state index in [0.29, 0.717) is 0 Å². The maximum Gasteiger partial charge on any atom is 0.183 e. The van der Waals surface area contributed by atoms with Crippen molar-refractivity contribution in [1.82, 2.24) is 9.71 Å². The monoisotopic (exact) mass is 429 g/mol. The number of pyridine rings is 1. The van der Waals surface area contributed by atoms with Crippen LogP contribution in [0.5, 0.6) is 0 Å². The summed E-state index contributed by atoms with van der Waals surface area (Å²) in [6.07, 6.45) is 3.56. The molecule has 0 saturated heterocycles. The van der Waals surface area contributed by atoms with Gasteiger partial charge in [0, 0.05) is 18.3 Å². The molecule has 0 unspecified atom stereocenters. The zero-order valence-corrected chi connectivity index (χ0v) is 17.0. The molecular formula is C20H21F2N7S. The number of hydrogen-bond acceptors (Lipinski definition) is 7. The predicted octanol–water partition coefficient (Wildman–Crippen LogP) is 2.98. The minimum absolute atomic E-state index is 0.0628. The highest BCUT2D eigenvalue weighted by atomic mass is 32.2. The Morgan fingerprint density at radius 1 is 1.17 bits per heavy atom. The number of nitrogen functional groups attached to an aromatic ring is 1. The van der Waals surface area contributed by atoms with E-state index >= 15 is 0 Å². The van der Waals surface area contributed by atoms with Crippen molar-refractivity contribution in [2.75, 3.05) is 17.0 Å². The van der Waals surface area contributed by atoms with Gasteiger partial charge in [0.25, 0.3) is 0 Å². The van der Waals surface area contributed by atoms with Gasteiger partial charge in [0.1, 0.15) is 5.82 Å². The molecule has 0 spiro atoms. The summed E-state index contributed by atoms with van der Waals surface area (Å²) in [6, 6.07) is 13.2. The standard InChI is InChI=1S/C20H21F2N7S/c1-30-27-10-12-5-7-13(8-6-12)14-9-15(19(23)26-11-14)20(28-24)29(25)17-4-2-3-16(21)18(17)22/h2-9,11,27H,10,24-25H2,1H3,(H2,23,26)/b28-20-. The molecule has 2 aromatic carbocycles. The van der Waals surface area contributed by atoms with Gasteiger partial charge in [0.05, 0.1) is 11.3 Å². The van der Waals surface area contributed by atoms with Crippen LogP contribution in [0, 0.1) is 11.6 Å². The van der Waals surface area contributed by atoms with Crippen LogP contribution >= 0.6 is 11.9 Å². The molecule has 0 aliphatic rings. The molecule has 0 saturated carbocycles. The van der Waals surface area contributed by atoms with Crippen molar-refractivity contribution in [3.8, 4) is 11.1 Å². The minimum Gasteiger partial charge on any atom is -0.383 e. The summed E-state index contributed by atoms with van der Waals surface area (Å²) in [4.78, 5) is 4.19. The third-order valence-corrected chi connectivity index (χ3v) is 4.84. The van der Waals surface area contributed by atoms with Crippen LogP contribution in [0.4, 0.5) is 20.3 Å². The second kappa shape index (κ2) is 9.53. The fourth-order valence-electron chi connectivity index (χ4n) is 2.84. The molecule has 0 amide bonds. The fourth-order valence-corrected chi connectivity index (χ4v) is 3.15. The zero-order valence-electron chi connectivity index (χ0n) is 16.1. The van der Waals surface area contributed by atoms with Gasteiger partial charge in [-0.25, -0.2) is 19.6 Å². The number of nitrogens with zero attached hydrogens (tertiary/aromatic N) is 3. The molecule has 7 nitrogen and oxygen atoms in total. The predicted molar refractivity (Wildman–Crippen MR) is 118 cm³/mol. The lowest BCUT2D eigenvalue weighted by atomic mass is 10.0. The van der Waals surface area contributed by atoms with Gasteiger partial charge in [-0.1, -0.05) is 42.3 Å². The van der Waals surface area contributed by atoms with Crippen LogP contribution < -0.4 is 27.2 Å². The van der Waals surface area contributed by atoms with Crippen LogP contribution in [0.25, 0.3) is 11.1 Å². The Hall–Kier alpha value is -3.21. The number of rotatable bonds is 6. The maximum absolute atomic E-state index is 14.2. The van der Waals surface area contributed by atoms with E-state index in [9.17, 15) is 8.78 Å². The summed E-state index contributed by atoms with van der Waals surface area (Å²) >= 11 is 1.54. The molecule has 7 N–H and O–H groups in total. The Bertz CT molecular complexity index is 1060. The lowest BCUT2D eigenvalue weighted by Crippen LogP contribution is -2.40. The average molecular weight is 430 g/mol. The molecule has 10 heteroatoms. The summed E-state index contributed by atoms with van der Waals surface area (Å²) in [5.74, 6) is 9.37. The Labute approximate surface area is 177 Å².